The van der Waals surface area contributed by atoms with E-state index in [0.29, 0.717) is 29.1 Å². The number of ether oxygens (including phenoxy) is 2. The van der Waals surface area contributed by atoms with Crippen LogP contribution >= 0.6 is 0 Å². The second-order valence-corrected chi connectivity index (χ2v) is 6.10. The summed E-state index contributed by atoms with van der Waals surface area (Å²) in [4.78, 5) is 28.9. The molecular formula is C19H22N2O4. The third kappa shape index (κ3) is 3.38. The number of benzene rings is 1. The maximum atomic E-state index is 12.8. The van der Waals surface area contributed by atoms with Crippen LogP contribution in [-0.2, 0) is 4.79 Å². The van der Waals surface area contributed by atoms with Gasteiger partial charge in [0.15, 0.2) is 17.3 Å². The summed E-state index contributed by atoms with van der Waals surface area (Å²) in [6, 6.07) is 4.51. The Labute approximate surface area is 147 Å². The highest BCUT2D eigenvalue weighted by atomic mass is 16.7. The normalized spacial score (nSPS) is 16.4. The van der Waals surface area contributed by atoms with Crippen molar-refractivity contribution in [3.8, 4) is 11.5 Å². The van der Waals surface area contributed by atoms with E-state index in [1.807, 2.05) is 30.3 Å². The lowest BCUT2D eigenvalue weighted by atomic mass is 10.0. The van der Waals surface area contributed by atoms with Crippen molar-refractivity contribution in [2.24, 2.45) is 0 Å². The number of rotatable bonds is 5. The van der Waals surface area contributed by atoms with E-state index in [-0.39, 0.29) is 18.5 Å². The molecule has 1 amide bonds. The molecule has 132 valence electrons. The van der Waals surface area contributed by atoms with E-state index < -0.39 is 6.04 Å². The Kier molecular flexibility index (Phi) is 4.79. The zero-order chi connectivity index (χ0) is 18.0. The highest BCUT2D eigenvalue weighted by Crippen LogP contribution is 2.33. The quantitative estimate of drug-likeness (QED) is 0.770. The van der Waals surface area contributed by atoms with Gasteiger partial charge < -0.3 is 19.3 Å². The molecule has 2 aliphatic rings. The molecule has 1 atom stereocenters. The summed E-state index contributed by atoms with van der Waals surface area (Å²) in [5, 5.41) is 0. The summed E-state index contributed by atoms with van der Waals surface area (Å²) in [5.74, 6) is 0.927. The zero-order valence-electron chi connectivity index (χ0n) is 14.7. The molecule has 6 heteroatoms. The molecule has 0 radical (unpaired) electrons. The van der Waals surface area contributed by atoms with Crippen molar-refractivity contribution in [2.45, 2.75) is 26.3 Å². The number of amides is 1. The van der Waals surface area contributed by atoms with Gasteiger partial charge in [-0.1, -0.05) is 6.08 Å². The Hall–Kier alpha value is -2.76. The van der Waals surface area contributed by atoms with Gasteiger partial charge in [-0.2, -0.15) is 0 Å². The maximum Gasteiger partial charge on any atom is 0.251 e. The Morgan fingerprint density at radius 3 is 2.80 bits per heavy atom. The average molecular weight is 342 g/mol. The molecule has 6 nitrogen and oxygen atoms in total. The molecule has 0 saturated carbocycles. The third-order valence-electron chi connectivity index (χ3n) is 4.53. The van der Waals surface area contributed by atoms with Gasteiger partial charge in [0.2, 0.25) is 6.79 Å². The van der Waals surface area contributed by atoms with E-state index in [9.17, 15) is 9.59 Å². The summed E-state index contributed by atoms with van der Waals surface area (Å²) >= 11 is 0. The van der Waals surface area contributed by atoms with Gasteiger partial charge >= 0.3 is 0 Å². The molecule has 2 aliphatic heterocycles. The van der Waals surface area contributed by atoms with E-state index in [4.69, 9.17) is 9.47 Å². The number of carbonyl (C=O) groups is 2. The van der Waals surface area contributed by atoms with Crippen LogP contribution in [0.25, 0.3) is 0 Å². The van der Waals surface area contributed by atoms with E-state index in [1.165, 1.54) is 4.90 Å². The molecule has 0 fully saturated rings. The molecule has 0 saturated heterocycles. The van der Waals surface area contributed by atoms with Crippen molar-refractivity contribution in [3.63, 3.8) is 0 Å². The van der Waals surface area contributed by atoms with Gasteiger partial charge in [-0.15, -0.1) is 0 Å². The number of carbonyl (C=O) groups excluding carboxylic acids is 2. The number of fused-ring (bicyclic) bond motifs is 1. The van der Waals surface area contributed by atoms with Crippen LogP contribution in [-0.4, -0.2) is 47.9 Å². The van der Waals surface area contributed by atoms with E-state index in [2.05, 4.69) is 0 Å². The fraction of sp³-hybridized carbons (Fsp3) is 0.368. The molecule has 0 N–H and O–H groups in total. The first-order valence-electron chi connectivity index (χ1n) is 8.35. The lowest BCUT2D eigenvalue weighted by Crippen LogP contribution is -2.41. The highest BCUT2D eigenvalue weighted by molar-refractivity contribution is 6.04. The number of likely N-dealkylation sites (N-methyl/N-ethyl adjacent to an activating group) is 1. The van der Waals surface area contributed by atoms with Crippen molar-refractivity contribution in [3.05, 3.63) is 47.8 Å². The van der Waals surface area contributed by atoms with Gasteiger partial charge in [0.25, 0.3) is 5.91 Å². The summed E-state index contributed by atoms with van der Waals surface area (Å²) in [6.45, 7) is 4.71. The van der Waals surface area contributed by atoms with Crippen molar-refractivity contribution in [1.29, 1.82) is 0 Å². The van der Waals surface area contributed by atoms with Gasteiger partial charge in [0.1, 0.15) is 0 Å². The average Bonchev–Trinajstić information content (AvgIpc) is 3.13. The van der Waals surface area contributed by atoms with E-state index in [1.54, 1.807) is 32.2 Å². The number of allylic oxidation sites excluding steroid dienone is 1. The van der Waals surface area contributed by atoms with Crippen LogP contribution in [0.15, 0.2) is 42.2 Å². The Balaban J connectivity index is 1.73. The monoisotopic (exact) mass is 342 g/mol. The first-order chi connectivity index (χ1) is 12.0. The minimum Gasteiger partial charge on any atom is -0.454 e. The lowest BCUT2D eigenvalue weighted by molar-refractivity contribution is -0.127. The van der Waals surface area contributed by atoms with Crippen molar-refractivity contribution < 1.29 is 19.1 Å². The minimum atomic E-state index is -0.574. The van der Waals surface area contributed by atoms with Crippen LogP contribution in [0.3, 0.4) is 0 Å². The van der Waals surface area contributed by atoms with Gasteiger partial charge in [-0.25, -0.2) is 0 Å². The Morgan fingerprint density at radius 2 is 2.04 bits per heavy atom. The fourth-order valence-corrected chi connectivity index (χ4v) is 2.82. The topological polar surface area (TPSA) is 59.1 Å². The Morgan fingerprint density at radius 1 is 1.28 bits per heavy atom. The van der Waals surface area contributed by atoms with Gasteiger partial charge in [-0.05, 0) is 44.7 Å². The van der Waals surface area contributed by atoms with Crippen LogP contribution in [0.5, 0.6) is 11.5 Å². The Bertz CT molecular complexity index is 754. The SMILES string of the molecule is CCN1C=CCC(C(=O)N(C)C(C)C(=O)c2ccc3c(c2)OCO3)=C1. The van der Waals surface area contributed by atoms with Gasteiger partial charge in [-0.3, -0.25) is 9.59 Å². The lowest BCUT2D eigenvalue weighted by Gasteiger charge is -2.27. The first kappa shape index (κ1) is 17.1. The van der Waals surface area contributed by atoms with E-state index in [0.717, 1.165) is 6.54 Å². The van der Waals surface area contributed by atoms with Crippen LogP contribution in [0.4, 0.5) is 0 Å². The number of hydrogen-bond acceptors (Lipinski definition) is 5. The molecule has 2 heterocycles. The van der Waals surface area contributed by atoms with Crippen molar-refractivity contribution in [1.82, 2.24) is 9.80 Å². The summed E-state index contributed by atoms with van der Waals surface area (Å²) in [6.07, 6.45) is 6.33. The summed E-state index contributed by atoms with van der Waals surface area (Å²) in [5.41, 5.74) is 1.18. The number of hydrogen-bond donors (Lipinski definition) is 0. The molecule has 0 bridgehead atoms. The molecule has 0 aliphatic carbocycles. The molecular weight excluding hydrogens is 320 g/mol. The third-order valence-corrected chi connectivity index (χ3v) is 4.53. The largest absolute Gasteiger partial charge is 0.454 e. The molecule has 25 heavy (non-hydrogen) atoms. The number of ketones is 1. The van der Waals surface area contributed by atoms with Gasteiger partial charge in [0.05, 0.1) is 6.04 Å². The van der Waals surface area contributed by atoms with Crippen molar-refractivity contribution >= 4 is 11.7 Å². The van der Waals surface area contributed by atoms with E-state index >= 15 is 0 Å². The standard InChI is InChI=1S/C19H22N2O4/c1-4-21-9-5-6-15(11-21)19(23)20(3)13(2)18(22)14-7-8-16-17(10-14)25-12-24-16/h5,7-11,13H,4,6,12H2,1-3H3. The van der Waals surface area contributed by atoms with Crippen LogP contribution < -0.4 is 9.47 Å². The predicted molar refractivity (Wildman–Crippen MR) is 93.3 cm³/mol. The van der Waals surface area contributed by atoms with Gasteiger partial charge in [0, 0.05) is 30.9 Å². The fourth-order valence-electron chi connectivity index (χ4n) is 2.82. The minimum absolute atomic E-state index is 0.131. The maximum absolute atomic E-state index is 12.8. The molecule has 1 aromatic carbocycles. The first-order valence-corrected chi connectivity index (χ1v) is 8.35. The zero-order valence-corrected chi connectivity index (χ0v) is 14.7. The number of nitrogens with zero attached hydrogens (tertiary/aromatic N) is 2. The van der Waals surface area contributed by atoms with Crippen molar-refractivity contribution in [2.75, 3.05) is 20.4 Å². The molecule has 0 spiro atoms. The summed E-state index contributed by atoms with van der Waals surface area (Å²) < 4.78 is 10.6. The molecule has 0 aromatic heterocycles. The van der Waals surface area contributed by atoms with Crippen LogP contribution in [0.1, 0.15) is 30.6 Å². The number of Topliss-reactive ketones (excluding diaryl/α,β-unsaturated/α-hetero) is 1. The predicted octanol–water partition coefficient (Wildman–Crippen LogP) is 2.57. The molecule has 1 unspecified atom stereocenters. The second kappa shape index (κ2) is 7.01. The second-order valence-electron chi connectivity index (χ2n) is 6.10. The molecule has 3 rings (SSSR count). The molecule has 1 aromatic rings. The highest BCUT2D eigenvalue weighted by Gasteiger charge is 2.27. The summed E-state index contributed by atoms with van der Waals surface area (Å²) in [7, 11) is 1.66. The van der Waals surface area contributed by atoms with Crippen LogP contribution in [0.2, 0.25) is 0 Å². The smallest absolute Gasteiger partial charge is 0.251 e. The van der Waals surface area contributed by atoms with Crippen LogP contribution in [0, 0.1) is 0 Å².